The maximum atomic E-state index is 14.4. The van der Waals surface area contributed by atoms with Crippen LogP contribution in [0.4, 0.5) is 19.5 Å². The first-order valence-corrected chi connectivity index (χ1v) is 9.38. The summed E-state index contributed by atoms with van der Waals surface area (Å²) in [4.78, 5) is 24.7. The molecule has 1 aromatic heterocycles. The molecule has 148 valence electrons. The molecule has 0 spiro atoms. The van der Waals surface area contributed by atoms with E-state index in [1.807, 2.05) is 0 Å². The highest BCUT2D eigenvalue weighted by molar-refractivity contribution is 7.80. The molecule has 1 heterocycles. The number of thiophene rings is 1. The van der Waals surface area contributed by atoms with E-state index in [2.05, 4.69) is 23.1 Å². The Bertz CT molecular complexity index is 1160. The number of hydrogen-bond donors (Lipinski definition) is 4. The van der Waals surface area contributed by atoms with Crippen molar-refractivity contribution in [1.82, 2.24) is 0 Å². The SMILES string of the molecule is Cc1ccc(-c2csc(NC(=O)c3ccc(S)c(N=N)c3)c2C(=O)O)c(F)c1F. The molecular formula is C19H13F2N3O3S2. The topological polar surface area (TPSA) is 103 Å². The first kappa shape index (κ1) is 20.6. The van der Waals surface area contributed by atoms with Crippen LogP contribution < -0.4 is 5.32 Å². The van der Waals surface area contributed by atoms with Crippen molar-refractivity contribution in [2.45, 2.75) is 11.8 Å². The van der Waals surface area contributed by atoms with Crippen molar-refractivity contribution in [3.05, 3.63) is 64.0 Å². The molecule has 0 saturated heterocycles. The van der Waals surface area contributed by atoms with Gasteiger partial charge in [-0.25, -0.2) is 19.1 Å². The number of nitrogens with one attached hydrogen (secondary N) is 2. The maximum absolute atomic E-state index is 14.4. The lowest BCUT2D eigenvalue weighted by molar-refractivity contribution is 0.0699. The van der Waals surface area contributed by atoms with Crippen LogP contribution in [0.25, 0.3) is 11.1 Å². The number of rotatable bonds is 5. The number of hydrogen-bond acceptors (Lipinski definition) is 6. The second-order valence-electron chi connectivity index (χ2n) is 5.99. The second-order valence-corrected chi connectivity index (χ2v) is 7.35. The Labute approximate surface area is 173 Å². The standard InChI is InChI=1S/C19H13F2N3O3S2/c1-8-2-4-10(16(21)15(8)20)11-7-29-18(14(11)19(26)27)23-17(25)9-3-5-13(28)12(6-9)24-22/h2-7,22,28H,1H3,(H,23,25)(H,26,27). The minimum atomic E-state index is -1.40. The van der Waals surface area contributed by atoms with Crippen molar-refractivity contribution >= 4 is 46.5 Å². The maximum Gasteiger partial charge on any atom is 0.339 e. The number of anilines is 1. The molecule has 0 unspecified atom stereocenters. The third-order valence-electron chi connectivity index (χ3n) is 4.16. The summed E-state index contributed by atoms with van der Waals surface area (Å²) in [6.07, 6.45) is 0. The van der Waals surface area contributed by atoms with E-state index >= 15 is 0 Å². The lowest BCUT2D eigenvalue weighted by Gasteiger charge is -2.08. The summed E-state index contributed by atoms with van der Waals surface area (Å²) < 4.78 is 28.3. The number of halogens is 2. The van der Waals surface area contributed by atoms with E-state index in [0.29, 0.717) is 4.90 Å². The van der Waals surface area contributed by atoms with Gasteiger partial charge in [-0.05, 0) is 30.7 Å². The van der Waals surface area contributed by atoms with Crippen LogP contribution >= 0.6 is 24.0 Å². The van der Waals surface area contributed by atoms with Crippen molar-refractivity contribution < 1.29 is 23.5 Å². The number of thiol groups is 1. The van der Waals surface area contributed by atoms with Crippen molar-refractivity contribution in [3.63, 3.8) is 0 Å². The van der Waals surface area contributed by atoms with E-state index in [0.717, 1.165) is 11.3 Å². The zero-order valence-electron chi connectivity index (χ0n) is 14.8. The second kappa shape index (κ2) is 8.10. The lowest BCUT2D eigenvalue weighted by atomic mass is 10.0. The monoisotopic (exact) mass is 433 g/mol. The Balaban J connectivity index is 2.02. The van der Waals surface area contributed by atoms with Crippen LogP contribution in [-0.4, -0.2) is 17.0 Å². The summed E-state index contributed by atoms with van der Waals surface area (Å²) >= 11 is 4.99. The molecule has 3 aromatic rings. The van der Waals surface area contributed by atoms with Gasteiger partial charge in [0, 0.05) is 27.0 Å². The highest BCUT2D eigenvalue weighted by Crippen LogP contribution is 2.38. The third kappa shape index (κ3) is 3.89. The lowest BCUT2D eigenvalue weighted by Crippen LogP contribution is -2.13. The smallest absolute Gasteiger partial charge is 0.339 e. The van der Waals surface area contributed by atoms with Crippen molar-refractivity contribution in [2.75, 3.05) is 5.32 Å². The molecule has 0 fully saturated rings. The molecule has 6 nitrogen and oxygen atoms in total. The zero-order valence-corrected chi connectivity index (χ0v) is 16.5. The average molecular weight is 433 g/mol. The van der Waals surface area contributed by atoms with Crippen molar-refractivity contribution in [1.29, 1.82) is 5.53 Å². The van der Waals surface area contributed by atoms with Gasteiger partial charge in [0.2, 0.25) is 0 Å². The average Bonchev–Trinajstić information content (AvgIpc) is 3.10. The van der Waals surface area contributed by atoms with Crippen LogP contribution in [0, 0.1) is 24.1 Å². The predicted molar refractivity (Wildman–Crippen MR) is 108 cm³/mol. The number of aromatic carboxylic acids is 1. The van der Waals surface area contributed by atoms with Gasteiger partial charge in [0.15, 0.2) is 11.6 Å². The molecule has 0 atom stereocenters. The molecule has 0 saturated carbocycles. The normalized spacial score (nSPS) is 10.6. The summed E-state index contributed by atoms with van der Waals surface area (Å²) in [5.74, 6) is -4.26. The number of nitrogens with zero attached hydrogens (tertiary/aromatic N) is 1. The molecule has 29 heavy (non-hydrogen) atoms. The Kier molecular flexibility index (Phi) is 5.76. The zero-order chi connectivity index (χ0) is 21.3. The number of aryl methyl sites for hydroxylation is 1. The molecular weight excluding hydrogens is 420 g/mol. The molecule has 0 aliphatic heterocycles. The fourth-order valence-electron chi connectivity index (χ4n) is 2.64. The van der Waals surface area contributed by atoms with Crippen molar-refractivity contribution in [3.8, 4) is 11.1 Å². The summed E-state index contributed by atoms with van der Waals surface area (Å²) in [5, 5.41) is 16.6. The highest BCUT2D eigenvalue weighted by Gasteiger charge is 2.24. The van der Waals surface area contributed by atoms with Gasteiger partial charge >= 0.3 is 5.97 Å². The fourth-order valence-corrected chi connectivity index (χ4v) is 3.78. The number of benzene rings is 2. The van der Waals surface area contributed by atoms with Gasteiger partial charge in [-0.1, -0.05) is 12.1 Å². The van der Waals surface area contributed by atoms with Gasteiger partial charge in [0.25, 0.3) is 5.91 Å². The molecule has 2 aromatic carbocycles. The number of carboxylic acid groups (broad SMARTS) is 1. The molecule has 3 rings (SSSR count). The van der Waals surface area contributed by atoms with E-state index in [-0.39, 0.29) is 38.5 Å². The Morgan fingerprint density at radius 3 is 2.55 bits per heavy atom. The fraction of sp³-hybridized carbons (Fsp3) is 0.0526. The number of carbonyl (C=O) groups is 2. The minimum Gasteiger partial charge on any atom is -0.478 e. The van der Waals surface area contributed by atoms with Gasteiger partial charge in [0.05, 0.1) is 5.69 Å². The van der Waals surface area contributed by atoms with Crippen LogP contribution in [0.2, 0.25) is 0 Å². The van der Waals surface area contributed by atoms with Gasteiger partial charge < -0.3 is 10.4 Å². The molecule has 0 bridgehead atoms. The molecule has 0 aliphatic rings. The van der Waals surface area contributed by atoms with Crippen LogP contribution in [0.15, 0.2) is 45.7 Å². The predicted octanol–water partition coefficient (Wildman–Crippen LogP) is 5.90. The van der Waals surface area contributed by atoms with E-state index < -0.39 is 23.5 Å². The Hall–Kier alpha value is -3.11. The van der Waals surface area contributed by atoms with Gasteiger partial charge in [0.1, 0.15) is 10.6 Å². The Morgan fingerprint density at radius 1 is 1.17 bits per heavy atom. The van der Waals surface area contributed by atoms with Gasteiger partial charge in [-0.15, -0.1) is 24.0 Å². The molecule has 0 aliphatic carbocycles. The highest BCUT2D eigenvalue weighted by atomic mass is 32.1. The Morgan fingerprint density at radius 2 is 1.90 bits per heavy atom. The molecule has 0 radical (unpaired) electrons. The number of carbonyl (C=O) groups excluding carboxylic acids is 1. The first-order valence-electron chi connectivity index (χ1n) is 8.06. The molecule has 3 N–H and O–H groups in total. The van der Waals surface area contributed by atoms with Crippen LogP contribution in [0.3, 0.4) is 0 Å². The van der Waals surface area contributed by atoms with E-state index in [1.54, 1.807) is 0 Å². The van der Waals surface area contributed by atoms with E-state index in [1.165, 1.54) is 42.6 Å². The number of amides is 1. The quantitative estimate of drug-likeness (QED) is 0.297. The first-order chi connectivity index (χ1) is 13.7. The van der Waals surface area contributed by atoms with Crippen LogP contribution in [0.1, 0.15) is 26.3 Å². The van der Waals surface area contributed by atoms with E-state index in [4.69, 9.17) is 5.53 Å². The molecule has 1 amide bonds. The third-order valence-corrected chi connectivity index (χ3v) is 5.43. The summed E-state index contributed by atoms with van der Waals surface area (Å²) in [6.45, 7) is 1.40. The minimum absolute atomic E-state index is 0.0304. The van der Waals surface area contributed by atoms with Crippen LogP contribution in [-0.2, 0) is 0 Å². The summed E-state index contributed by atoms with van der Waals surface area (Å²) in [6, 6.07) is 6.89. The van der Waals surface area contributed by atoms with Crippen LogP contribution in [0.5, 0.6) is 0 Å². The number of carboxylic acids is 1. The van der Waals surface area contributed by atoms with Crippen molar-refractivity contribution in [2.24, 2.45) is 5.11 Å². The molecule has 10 heteroatoms. The summed E-state index contributed by atoms with van der Waals surface area (Å²) in [5.41, 5.74) is 6.89. The largest absolute Gasteiger partial charge is 0.478 e. The summed E-state index contributed by atoms with van der Waals surface area (Å²) in [7, 11) is 0. The van der Waals surface area contributed by atoms with E-state index in [9.17, 15) is 23.5 Å². The van der Waals surface area contributed by atoms with Gasteiger partial charge in [-0.2, -0.15) is 5.11 Å². The van der Waals surface area contributed by atoms with Gasteiger partial charge in [-0.3, -0.25) is 4.79 Å².